The number of nitrogens with one attached hydrogen (secondary N) is 1. The van der Waals surface area contributed by atoms with Gasteiger partial charge in [0.15, 0.2) is 5.78 Å². The van der Waals surface area contributed by atoms with Crippen molar-refractivity contribution in [3.63, 3.8) is 0 Å². The van der Waals surface area contributed by atoms with Crippen molar-refractivity contribution in [3.05, 3.63) is 0 Å². The molecular formula is C9H15NO2. The predicted octanol–water partition coefficient (Wildman–Crippen LogP) is 0.880. The molecule has 0 unspecified atom stereocenters. The molecule has 0 aromatic rings. The Morgan fingerprint density at radius 2 is 2.08 bits per heavy atom. The molecule has 68 valence electrons. The predicted molar refractivity (Wildman–Crippen MR) is 45.6 cm³/mol. The number of carbonyl (C=O) groups excluding carboxylic acids is 2. The third-order valence-corrected chi connectivity index (χ3v) is 2.15. The van der Waals surface area contributed by atoms with Crippen LogP contribution in [-0.2, 0) is 9.59 Å². The highest BCUT2D eigenvalue weighted by Crippen LogP contribution is 2.33. The van der Waals surface area contributed by atoms with Gasteiger partial charge in [0, 0.05) is 13.3 Å². The fourth-order valence-corrected chi connectivity index (χ4v) is 1.33. The third-order valence-electron chi connectivity index (χ3n) is 2.15. The molecule has 1 fully saturated rings. The van der Waals surface area contributed by atoms with Gasteiger partial charge < -0.3 is 5.32 Å². The second-order valence-corrected chi connectivity index (χ2v) is 3.34. The van der Waals surface area contributed by atoms with Gasteiger partial charge in [-0.15, -0.1) is 0 Å². The summed E-state index contributed by atoms with van der Waals surface area (Å²) < 4.78 is 0. The van der Waals surface area contributed by atoms with Gasteiger partial charge in [0.25, 0.3) is 0 Å². The smallest absolute Gasteiger partial charge is 0.217 e. The topological polar surface area (TPSA) is 46.2 Å². The first kappa shape index (κ1) is 9.23. The number of hydrogen-bond donors (Lipinski definition) is 1. The van der Waals surface area contributed by atoms with Crippen LogP contribution in [0.1, 0.15) is 33.1 Å². The molecule has 1 rings (SSSR count). The van der Waals surface area contributed by atoms with Crippen molar-refractivity contribution in [1.82, 2.24) is 5.32 Å². The molecule has 1 aliphatic rings. The molecule has 0 saturated heterocycles. The van der Waals surface area contributed by atoms with Gasteiger partial charge in [0.2, 0.25) is 5.91 Å². The van der Waals surface area contributed by atoms with Gasteiger partial charge in [-0.3, -0.25) is 9.59 Å². The largest absolute Gasteiger partial charge is 0.346 e. The number of carbonyl (C=O) groups is 2. The van der Waals surface area contributed by atoms with Gasteiger partial charge in [0.05, 0.1) is 6.04 Å². The summed E-state index contributed by atoms with van der Waals surface area (Å²) in [5.41, 5.74) is 0. The third kappa shape index (κ3) is 2.32. The van der Waals surface area contributed by atoms with Crippen LogP contribution in [0, 0.1) is 5.92 Å². The lowest BCUT2D eigenvalue weighted by Crippen LogP contribution is -2.41. The first-order valence-electron chi connectivity index (χ1n) is 4.45. The summed E-state index contributed by atoms with van der Waals surface area (Å²) >= 11 is 0. The van der Waals surface area contributed by atoms with E-state index in [4.69, 9.17) is 0 Å². The highest BCUT2D eigenvalue weighted by Gasteiger charge is 2.35. The Hall–Kier alpha value is -0.860. The second kappa shape index (κ2) is 3.70. The summed E-state index contributed by atoms with van der Waals surface area (Å²) in [5, 5.41) is 2.70. The van der Waals surface area contributed by atoms with Gasteiger partial charge in [-0.2, -0.15) is 0 Å². The first-order chi connectivity index (χ1) is 5.65. The Kier molecular flexibility index (Phi) is 2.84. The number of amides is 1. The van der Waals surface area contributed by atoms with Gasteiger partial charge in [0.1, 0.15) is 0 Å². The van der Waals surface area contributed by atoms with E-state index in [0.717, 1.165) is 12.8 Å². The van der Waals surface area contributed by atoms with Crippen molar-refractivity contribution in [2.45, 2.75) is 39.2 Å². The van der Waals surface area contributed by atoms with Crippen molar-refractivity contribution in [1.29, 1.82) is 0 Å². The first-order valence-corrected chi connectivity index (χ1v) is 4.45. The van der Waals surface area contributed by atoms with E-state index >= 15 is 0 Å². The van der Waals surface area contributed by atoms with E-state index in [1.165, 1.54) is 6.92 Å². The van der Waals surface area contributed by atoms with Crippen molar-refractivity contribution < 1.29 is 9.59 Å². The molecule has 0 radical (unpaired) electrons. The van der Waals surface area contributed by atoms with Gasteiger partial charge >= 0.3 is 0 Å². The summed E-state index contributed by atoms with van der Waals surface area (Å²) in [6.07, 6.45) is 2.68. The Bertz CT molecular complexity index is 197. The molecule has 1 N–H and O–H groups in total. The summed E-state index contributed by atoms with van der Waals surface area (Å²) in [6, 6.07) is -0.201. The van der Waals surface area contributed by atoms with Gasteiger partial charge in [-0.1, -0.05) is 6.92 Å². The highest BCUT2D eigenvalue weighted by molar-refractivity contribution is 5.88. The normalized spacial score (nSPS) is 18.5. The lowest BCUT2D eigenvalue weighted by Gasteiger charge is -2.14. The van der Waals surface area contributed by atoms with Crippen LogP contribution in [0.3, 0.4) is 0 Å². The average molecular weight is 169 g/mol. The standard InChI is InChI=1S/C9H15NO2/c1-3-8(12)9(7-4-5-7)10-6(2)11/h7,9H,3-5H2,1-2H3,(H,10,11)/t9-/m0/s1. The molecule has 12 heavy (non-hydrogen) atoms. The summed E-state index contributed by atoms with van der Waals surface area (Å²) in [5.74, 6) is 0.475. The number of hydrogen-bond acceptors (Lipinski definition) is 2. The number of ketones is 1. The van der Waals surface area contributed by atoms with Crippen molar-refractivity contribution >= 4 is 11.7 Å². The van der Waals surface area contributed by atoms with Crippen LogP contribution in [0.15, 0.2) is 0 Å². The molecule has 3 heteroatoms. The van der Waals surface area contributed by atoms with E-state index in [0.29, 0.717) is 12.3 Å². The SMILES string of the molecule is CCC(=O)[C@@H](NC(C)=O)C1CC1. The minimum atomic E-state index is -0.201. The van der Waals surface area contributed by atoms with E-state index in [1.807, 2.05) is 6.92 Å². The molecule has 1 saturated carbocycles. The zero-order valence-corrected chi connectivity index (χ0v) is 7.59. The Labute approximate surface area is 72.5 Å². The van der Waals surface area contributed by atoms with E-state index < -0.39 is 0 Å². The van der Waals surface area contributed by atoms with Crippen LogP contribution in [-0.4, -0.2) is 17.7 Å². The lowest BCUT2D eigenvalue weighted by molar-refractivity contribution is -0.127. The van der Waals surface area contributed by atoms with Crippen LogP contribution in [0.2, 0.25) is 0 Å². The van der Waals surface area contributed by atoms with Crippen LogP contribution >= 0.6 is 0 Å². The average Bonchev–Trinajstić information content (AvgIpc) is 2.81. The second-order valence-electron chi connectivity index (χ2n) is 3.34. The monoisotopic (exact) mass is 169 g/mol. The van der Waals surface area contributed by atoms with E-state index in [9.17, 15) is 9.59 Å². The summed E-state index contributed by atoms with van der Waals surface area (Å²) in [6.45, 7) is 3.29. The molecule has 0 bridgehead atoms. The Morgan fingerprint density at radius 3 is 2.42 bits per heavy atom. The van der Waals surface area contributed by atoms with Crippen LogP contribution in [0.4, 0.5) is 0 Å². The van der Waals surface area contributed by atoms with E-state index in [1.54, 1.807) is 0 Å². The maximum Gasteiger partial charge on any atom is 0.217 e. The quantitative estimate of drug-likeness (QED) is 0.679. The van der Waals surface area contributed by atoms with Crippen molar-refractivity contribution in [3.8, 4) is 0 Å². The maximum absolute atomic E-state index is 11.3. The van der Waals surface area contributed by atoms with Crippen molar-refractivity contribution in [2.24, 2.45) is 5.92 Å². The maximum atomic E-state index is 11.3. The zero-order chi connectivity index (χ0) is 9.14. The fourth-order valence-electron chi connectivity index (χ4n) is 1.33. The van der Waals surface area contributed by atoms with Crippen LogP contribution < -0.4 is 5.32 Å². The number of rotatable bonds is 4. The number of Topliss-reactive ketones (excluding diaryl/α,β-unsaturated/α-hetero) is 1. The van der Waals surface area contributed by atoms with E-state index in [2.05, 4.69) is 5.32 Å². The molecule has 3 nitrogen and oxygen atoms in total. The molecule has 0 spiro atoms. The highest BCUT2D eigenvalue weighted by atomic mass is 16.2. The Balaban J connectivity index is 2.48. The van der Waals surface area contributed by atoms with Crippen LogP contribution in [0.25, 0.3) is 0 Å². The van der Waals surface area contributed by atoms with E-state index in [-0.39, 0.29) is 17.7 Å². The molecule has 0 heterocycles. The molecule has 1 amide bonds. The molecule has 0 aromatic carbocycles. The summed E-state index contributed by atoms with van der Waals surface area (Å²) in [7, 11) is 0. The van der Waals surface area contributed by atoms with Crippen molar-refractivity contribution in [2.75, 3.05) is 0 Å². The minimum absolute atomic E-state index is 0.103. The molecule has 0 aliphatic heterocycles. The Morgan fingerprint density at radius 1 is 1.50 bits per heavy atom. The molecule has 1 atom stereocenters. The lowest BCUT2D eigenvalue weighted by atomic mass is 10.1. The van der Waals surface area contributed by atoms with Crippen LogP contribution in [0.5, 0.6) is 0 Å². The summed E-state index contributed by atoms with van der Waals surface area (Å²) in [4.78, 5) is 22.1. The van der Waals surface area contributed by atoms with Gasteiger partial charge in [-0.25, -0.2) is 0 Å². The fraction of sp³-hybridized carbons (Fsp3) is 0.778. The minimum Gasteiger partial charge on any atom is -0.346 e. The molecule has 1 aliphatic carbocycles. The zero-order valence-electron chi connectivity index (χ0n) is 7.59. The molecular weight excluding hydrogens is 154 g/mol. The van der Waals surface area contributed by atoms with Gasteiger partial charge in [-0.05, 0) is 18.8 Å². The molecule has 0 aromatic heterocycles.